The van der Waals surface area contributed by atoms with E-state index < -0.39 is 15.7 Å². The van der Waals surface area contributed by atoms with Crippen molar-refractivity contribution < 1.29 is 14.1 Å². The molecule has 0 aromatic rings. The topological polar surface area (TPSA) is 46.5 Å². The fraction of sp³-hybridized carbons (Fsp3) is 0.667. The van der Waals surface area contributed by atoms with Gasteiger partial charge in [-0.25, -0.2) is 4.79 Å². The molecule has 60 valence electrons. The minimum absolute atomic E-state index is 0.495. The van der Waals surface area contributed by atoms with E-state index in [2.05, 4.69) is 4.18 Å². The zero-order valence-corrected chi connectivity index (χ0v) is 7.54. The molecule has 0 amide bonds. The first kappa shape index (κ1) is 10.5. The smallest absolute Gasteiger partial charge is 0.449 e. The number of alkyl halides is 3. The van der Waals surface area contributed by atoms with Gasteiger partial charge in [-0.3, -0.25) is 0 Å². The van der Waals surface area contributed by atoms with Gasteiger partial charge >= 0.3 is 6.16 Å². The predicted molar refractivity (Wildman–Crippen MR) is 41.8 cm³/mol. The van der Waals surface area contributed by atoms with E-state index in [0.717, 1.165) is 0 Å². The van der Waals surface area contributed by atoms with Crippen molar-refractivity contribution in [3.05, 3.63) is 0 Å². The van der Waals surface area contributed by atoms with Crippen LogP contribution in [0.2, 0.25) is 0 Å². The molecule has 0 aliphatic carbocycles. The molecular formula is C3H3Cl3O3S. The van der Waals surface area contributed by atoms with Crippen LogP contribution >= 0.6 is 46.8 Å². The van der Waals surface area contributed by atoms with Gasteiger partial charge in [0.05, 0.1) is 12.0 Å². The van der Waals surface area contributed by atoms with Crippen molar-refractivity contribution in [3.8, 4) is 0 Å². The number of hydrogen-bond donors (Lipinski definition) is 1. The number of halogens is 3. The van der Waals surface area contributed by atoms with Gasteiger partial charge in [-0.05, 0) is 0 Å². The van der Waals surface area contributed by atoms with Crippen LogP contribution in [0.15, 0.2) is 0 Å². The lowest BCUT2D eigenvalue weighted by molar-refractivity contribution is 0.153. The van der Waals surface area contributed by atoms with E-state index in [9.17, 15) is 4.79 Å². The summed E-state index contributed by atoms with van der Waals surface area (Å²) < 4.78 is 3.22. The molecule has 1 unspecified atom stereocenters. The summed E-state index contributed by atoms with van der Waals surface area (Å²) in [5, 5.41) is 7.96. The average Bonchev–Trinajstić information content (AvgIpc) is 1.82. The van der Waals surface area contributed by atoms with Crippen LogP contribution in [0.4, 0.5) is 4.79 Å². The molecule has 0 aliphatic rings. The molecule has 0 aliphatic heterocycles. The Bertz CT molecular complexity index is 120. The summed E-state index contributed by atoms with van der Waals surface area (Å²) in [6, 6.07) is 0. The number of carbonyl (C=O) groups is 1. The van der Waals surface area contributed by atoms with E-state index in [1.807, 2.05) is 0 Å². The third kappa shape index (κ3) is 5.29. The highest BCUT2D eigenvalue weighted by atomic mass is 35.5. The molecule has 0 saturated carbocycles. The lowest BCUT2D eigenvalue weighted by Gasteiger charge is -2.05. The normalized spacial score (nSPS) is 13.2. The Hall–Kier alpha value is 0.490. The SMILES string of the molecule is O=C(O)OSC(Cl)C(Cl)Cl. The molecule has 0 radical (unpaired) electrons. The first-order valence-electron chi connectivity index (χ1n) is 2.02. The molecule has 0 bridgehead atoms. The summed E-state index contributed by atoms with van der Waals surface area (Å²) in [4.78, 5) is 8.88. The van der Waals surface area contributed by atoms with E-state index in [0.29, 0.717) is 12.0 Å². The summed E-state index contributed by atoms with van der Waals surface area (Å²) in [6.45, 7) is 0. The Balaban J connectivity index is 3.39. The summed E-state index contributed by atoms with van der Waals surface area (Å²) >= 11 is 16.4. The van der Waals surface area contributed by atoms with Crippen molar-refractivity contribution >= 4 is 53.0 Å². The maximum atomic E-state index is 9.74. The number of hydrogen-bond acceptors (Lipinski definition) is 3. The highest BCUT2D eigenvalue weighted by Crippen LogP contribution is 2.25. The minimum atomic E-state index is -1.43. The maximum absolute atomic E-state index is 9.74. The molecule has 7 heteroatoms. The van der Waals surface area contributed by atoms with Gasteiger partial charge in [0.25, 0.3) is 0 Å². The van der Waals surface area contributed by atoms with E-state index in [1.165, 1.54) is 0 Å². The van der Waals surface area contributed by atoms with Crippen LogP contribution in [0.3, 0.4) is 0 Å². The molecule has 0 heterocycles. The summed E-state index contributed by atoms with van der Waals surface area (Å²) in [7, 11) is 0. The standard InChI is InChI=1S/C3H3Cl3O3S/c4-1(5)2(6)10-9-3(7)8/h1-2H,(H,7,8). The van der Waals surface area contributed by atoms with E-state index in [1.54, 1.807) is 0 Å². The molecule has 0 spiro atoms. The van der Waals surface area contributed by atoms with Crippen LogP contribution in [0, 0.1) is 0 Å². The van der Waals surface area contributed by atoms with Gasteiger partial charge in [0.1, 0.15) is 9.55 Å². The van der Waals surface area contributed by atoms with Crippen molar-refractivity contribution in [1.29, 1.82) is 0 Å². The second kappa shape index (κ2) is 5.18. The Morgan fingerprint density at radius 1 is 1.50 bits per heavy atom. The van der Waals surface area contributed by atoms with Crippen LogP contribution < -0.4 is 0 Å². The molecule has 1 N–H and O–H groups in total. The van der Waals surface area contributed by atoms with Gasteiger partial charge < -0.3 is 9.29 Å². The molecule has 0 fully saturated rings. The van der Waals surface area contributed by atoms with Crippen molar-refractivity contribution in [2.45, 2.75) is 9.55 Å². The van der Waals surface area contributed by atoms with E-state index in [-0.39, 0.29) is 0 Å². The molecule has 0 aromatic carbocycles. The third-order valence-corrected chi connectivity index (χ3v) is 2.64. The quantitative estimate of drug-likeness (QED) is 0.592. The lowest BCUT2D eigenvalue weighted by atomic mass is 10.9. The number of carboxylic acid groups (broad SMARTS) is 1. The van der Waals surface area contributed by atoms with Crippen LogP contribution in [-0.4, -0.2) is 20.8 Å². The second-order valence-electron chi connectivity index (χ2n) is 1.13. The molecule has 1 atom stereocenters. The Labute approximate surface area is 76.8 Å². The highest BCUT2D eigenvalue weighted by molar-refractivity contribution is 7.97. The molecule has 0 rings (SSSR count). The Morgan fingerprint density at radius 3 is 2.30 bits per heavy atom. The summed E-state index contributed by atoms with van der Waals surface area (Å²) in [5.74, 6) is 0. The van der Waals surface area contributed by atoms with Gasteiger partial charge in [-0.15, -0.1) is 34.8 Å². The first-order chi connectivity index (χ1) is 4.54. The number of rotatable bonds is 3. The molecule has 3 nitrogen and oxygen atoms in total. The van der Waals surface area contributed by atoms with Gasteiger partial charge in [0.15, 0.2) is 0 Å². The molecule has 10 heavy (non-hydrogen) atoms. The molecule has 0 saturated heterocycles. The van der Waals surface area contributed by atoms with Crippen molar-refractivity contribution in [2.24, 2.45) is 0 Å². The van der Waals surface area contributed by atoms with Crippen LogP contribution in [-0.2, 0) is 4.18 Å². The monoisotopic (exact) mass is 224 g/mol. The van der Waals surface area contributed by atoms with Crippen LogP contribution in [0.1, 0.15) is 0 Å². The summed E-state index contributed by atoms with van der Waals surface area (Å²) in [5.41, 5.74) is 0. The summed E-state index contributed by atoms with van der Waals surface area (Å²) in [6.07, 6.45) is -1.43. The van der Waals surface area contributed by atoms with E-state index >= 15 is 0 Å². The predicted octanol–water partition coefficient (Wildman–Crippen LogP) is 2.70. The second-order valence-corrected chi connectivity index (χ2v) is 3.89. The average molecular weight is 225 g/mol. The minimum Gasteiger partial charge on any atom is -0.449 e. The van der Waals surface area contributed by atoms with Crippen LogP contribution in [0.5, 0.6) is 0 Å². The Kier molecular flexibility index (Phi) is 5.44. The van der Waals surface area contributed by atoms with E-state index in [4.69, 9.17) is 39.9 Å². The Morgan fingerprint density at radius 2 is 2.00 bits per heavy atom. The van der Waals surface area contributed by atoms with Gasteiger partial charge in [0, 0.05) is 0 Å². The zero-order chi connectivity index (χ0) is 8.15. The molecule has 0 aromatic heterocycles. The third-order valence-electron chi connectivity index (χ3n) is 0.409. The zero-order valence-electron chi connectivity index (χ0n) is 4.46. The molecular weight excluding hydrogens is 222 g/mol. The maximum Gasteiger partial charge on any atom is 0.518 e. The lowest BCUT2D eigenvalue weighted by Crippen LogP contribution is -2.05. The van der Waals surface area contributed by atoms with Crippen molar-refractivity contribution in [1.82, 2.24) is 0 Å². The largest absolute Gasteiger partial charge is 0.518 e. The van der Waals surface area contributed by atoms with Gasteiger partial charge in [0.2, 0.25) is 0 Å². The van der Waals surface area contributed by atoms with Crippen molar-refractivity contribution in [3.63, 3.8) is 0 Å². The van der Waals surface area contributed by atoms with Crippen molar-refractivity contribution in [2.75, 3.05) is 0 Å². The fourth-order valence-corrected chi connectivity index (χ4v) is 0.748. The van der Waals surface area contributed by atoms with Crippen LogP contribution in [0.25, 0.3) is 0 Å². The van der Waals surface area contributed by atoms with Gasteiger partial charge in [-0.2, -0.15) is 0 Å². The first-order valence-corrected chi connectivity index (χ1v) is 4.14. The van der Waals surface area contributed by atoms with Gasteiger partial charge in [-0.1, -0.05) is 0 Å². The highest BCUT2D eigenvalue weighted by Gasteiger charge is 2.17. The fourth-order valence-electron chi connectivity index (χ4n) is 0.129.